The van der Waals surface area contributed by atoms with Crippen molar-refractivity contribution in [3.63, 3.8) is 0 Å². The van der Waals surface area contributed by atoms with Crippen LogP contribution in [0, 0.1) is 5.92 Å². The van der Waals surface area contributed by atoms with Crippen LogP contribution in [0.5, 0.6) is 0 Å². The van der Waals surface area contributed by atoms with Gasteiger partial charge in [0.1, 0.15) is 0 Å². The first kappa shape index (κ1) is 16.0. The molecular formula is C16H22ClN3O. The summed E-state index contributed by atoms with van der Waals surface area (Å²) in [7, 11) is 0. The SMILES string of the molecule is CCCNC(Cc1nc(-c2ccccc2Cl)no1)C(C)C. The van der Waals surface area contributed by atoms with Crippen LogP contribution < -0.4 is 5.32 Å². The van der Waals surface area contributed by atoms with Crippen LogP contribution in [-0.2, 0) is 6.42 Å². The van der Waals surface area contributed by atoms with Crippen molar-refractivity contribution in [2.24, 2.45) is 5.92 Å². The smallest absolute Gasteiger partial charge is 0.228 e. The van der Waals surface area contributed by atoms with Gasteiger partial charge in [0.15, 0.2) is 0 Å². The summed E-state index contributed by atoms with van der Waals surface area (Å²) in [5.74, 6) is 1.70. The van der Waals surface area contributed by atoms with E-state index in [1.54, 1.807) is 0 Å². The number of nitrogens with zero attached hydrogens (tertiary/aromatic N) is 2. The lowest BCUT2D eigenvalue weighted by molar-refractivity contribution is 0.326. The summed E-state index contributed by atoms with van der Waals surface area (Å²) in [4.78, 5) is 4.47. The lowest BCUT2D eigenvalue weighted by Crippen LogP contribution is -2.36. The van der Waals surface area contributed by atoms with Crippen LogP contribution in [0.15, 0.2) is 28.8 Å². The molecule has 1 aromatic heterocycles. The Labute approximate surface area is 130 Å². The van der Waals surface area contributed by atoms with E-state index in [0.29, 0.717) is 28.7 Å². The Kier molecular flexibility index (Phi) is 5.76. The van der Waals surface area contributed by atoms with Gasteiger partial charge in [-0.1, -0.05) is 49.7 Å². The maximum Gasteiger partial charge on any atom is 0.228 e. The Morgan fingerprint density at radius 1 is 1.29 bits per heavy atom. The topological polar surface area (TPSA) is 51.0 Å². The molecule has 2 aromatic rings. The third-order valence-corrected chi connectivity index (χ3v) is 3.77. The molecule has 0 amide bonds. The van der Waals surface area contributed by atoms with Crippen molar-refractivity contribution in [3.05, 3.63) is 35.2 Å². The fourth-order valence-electron chi connectivity index (χ4n) is 2.15. The summed E-state index contributed by atoms with van der Waals surface area (Å²) in [6.45, 7) is 7.54. The van der Waals surface area contributed by atoms with E-state index in [0.717, 1.165) is 24.9 Å². The normalized spacial score (nSPS) is 12.8. The second-order valence-corrected chi connectivity index (χ2v) is 5.91. The molecule has 1 heterocycles. The van der Waals surface area contributed by atoms with Crippen molar-refractivity contribution < 1.29 is 4.52 Å². The number of hydrogen-bond donors (Lipinski definition) is 1. The monoisotopic (exact) mass is 307 g/mol. The van der Waals surface area contributed by atoms with E-state index in [1.165, 1.54) is 0 Å². The van der Waals surface area contributed by atoms with Gasteiger partial charge in [0.2, 0.25) is 11.7 Å². The first-order chi connectivity index (χ1) is 10.1. The zero-order valence-corrected chi connectivity index (χ0v) is 13.5. The van der Waals surface area contributed by atoms with Crippen molar-refractivity contribution in [2.45, 2.75) is 39.7 Å². The molecule has 4 nitrogen and oxygen atoms in total. The summed E-state index contributed by atoms with van der Waals surface area (Å²) in [5.41, 5.74) is 0.803. The van der Waals surface area contributed by atoms with Gasteiger partial charge in [-0.05, 0) is 31.0 Å². The fourth-order valence-corrected chi connectivity index (χ4v) is 2.37. The third kappa shape index (κ3) is 4.29. The molecule has 0 saturated carbocycles. The highest BCUT2D eigenvalue weighted by molar-refractivity contribution is 6.33. The number of nitrogens with one attached hydrogen (secondary N) is 1. The van der Waals surface area contributed by atoms with Crippen LogP contribution in [0.4, 0.5) is 0 Å². The molecule has 21 heavy (non-hydrogen) atoms. The molecule has 0 fully saturated rings. The van der Waals surface area contributed by atoms with Crippen LogP contribution >= 0.6 is 11.6 Å². The molecule has 0 aliphatic carbocycles. The second kappa shape index (κ2) is 7.57. The Bertz CT molecular complexity index is 568. The van der Waals surface area contributed by atoms with Crippen molar-refractivity contribution in [1.29, 1.82) is 0 Å². The molecule has 1 atom stereocenters. The van der Waals surface area contributed by atoms with Gasteiger partial charge in [-0.25, -0.2) is 0 Å². The average Bonchev–Trinajstić information content (AvgIpc) is 2.92. The summed E-state index contributed by atoms with van der Waals surface area (Å²) >= 11 is 6.16. The van der Waals surface area contributed by atoms with E-state index >= 15 is 0 Å². The Morgan fingerprint density at radius 3 is 2.71 bits per heavy atom. The molecule has 0 aliphatic rings. The van der Waals surface area contributed by atoms with Gasteiger partial charge in [0, 0.05) is 18.0 Å². The summed E-state index contributed by atoms with van der Waals surface area (Å²) in [6, 6.07) is 7.86. The molecular weight excluding hydrogens is 286 g/mol. The Hall–Kier alpha value is -1.39. The minimum atomic E-state index is 0.337. The maximum atomic E-state index is 6.16. The predicted octanol–water partition coefficient (Wildman–Crippen LogP) is 3.96. The van der Waals surface area contributed by atoms with Crippen molar-refractivity contribution in [2.75, 3.05) is 6.54 Å². The first-order valence-corrected chi connectivity index (χ1v) is 7.80. The molecule has 0 spiro atoms. The van der Waals surface area contributed by atoms with E-state index in [9.17, 15) is 0 Å². The summed E-state index contributed by atoms with van der Waals surface area (Å²) < 4.78 is 5.37. The van der Waals surface area contributed by atoms with Gasteiger partial charge in [-0.2, -0.15) is 4.98 Å². The zero-order chi connectivity index (χ0) is 15.2. The first-order valence-electron chi connectivity index (χ1n) is 7.42. The zero-order valence-electron chi connectivity index (χ0n) is 12.8. The van der Waals surface area contributed by atoms with Gasteiger partial charge < -0.3 is 9.84 Å². The largest absolute Gasteiger partial charge is 0.339 e. The Morgan fingerprint density at radius 2 is 2.05 bits per heavy atom. The number of benzene rings is 1. The standard InChI is InChI=1S/C16H22ClN3O/c1-4-9-18-14(11(2)3)10-15-19-16(20-21-15)12-7-5-6-8-13(12)17/h5-8,11,14,18H,4,9-10H2,1-3H3. The minimum Gasteiger partial charge on any atom is -0.339 e. The molecule has 114 valence electrons. The highest BCUT2D eigenvalue weighted by Crippen LogP contribution is 2.25. The molecule has 1 unspecified atom stereocenters. The fraction of sp³-hybridized carbons (Fsp3) is 0.500. The van der Waals surface area contributed by atoms with Gasteiger partial charge in [0.25, 0.3) is 0 Å². The molecule has 0 bridgehead atoms. The van der Waals surface area contributed by atoms with Crippen molar-refractivity contribution in [3.8, 4) is 11.4 Å². The molecule has 0 radical (unpaired) electrons. The van der Waals surface area contributed by atoms with Crippen molar-refractivity contribution in [1.82, 2.24) is 15.5 Å². The van der Waals surface area contributed by atoms with Gasteiger partial charge in [-0.3, -0.25) is 0 Å². The molecule has 2 rings (SSSR count). The van der Waals surface area contributed by atoms with E-state index in [1.807, 2.05) is 24.3 Å². The van der Waals surface area contributed by atoms with E-state index < -0.39 is 0 Å². The average molecular weight is 308 g/mol. The summed E-state index contributed by atoms with van der Waals surface area (Å²) in [5, 5.41) is 8.20. The van der Waals surface area contributed by atoms with E-state index in [4.69, 9.17) is 16.1 Å². The Balaban J connectivity index is 2.10. The van der Waals surface area contributed by atoms with E-state index in [-0.39, 0.29) is 0 Å². The number of rotatable bonds is 7. The highest BCUT2D eigenvalue weighted by atomic mass is 35.5. The number of aromatic nitrogens is 2. The number of halogens is 1. The second-order valence-electron chi connectivity index (χ2n) is 5.50. The van der Waals surface area contributed by atoms with Gasteiger partial charge in [-0.15, -0.1) is 0 Å². The van der Waals surface area contributed by atoms with Crippen LogP contribution in [-0.4, -0.2) is 22.7 Å². The van der Waals surface area contributed by atoms with Gasteiger partial charge in [0.05, 0.1) is 5.02 Å². The van der Waals surface area contributed by atoms with Crippen molar-refractivity contribution >= 4 is 11.6 Å². The molecule has 0 aliphatic heterocycles. The third-order valence-electron chi connectivity index (χ3n) is 3.44. The lowest BCUT2D eigenvalue weighted by Gasteiger charge is -2.20. The van der Waals surface area contributed by atoms with Crippen LogP contribution in [0.25, 0.3) is 11.4 Å². The highest BCUT2D eigenvalue weighted by Gasteiger charge is 2.18. The van der Waals surface area contributed by atoms with Crippen LogP contribution in [0.2, 0.25) is 5.02 Å². The van der Waals surface area contributed by atoms with Crippen LogP contribution in [0.1, 0.15) is 33.1 Å². The molecule has 5 heteroatoms. The molecule has 0 saturated heterocycles. The predicted molar refractivity (Wildman–Crippen MR) is 85.4 cm³/mol. The van der Waals surface area contributed by atoms with E-state index in [2.05, 4.69) is 36.2 Å². The molecule has 1 N–H and O–H groups in total. The quantitative estimate of drug-likeness (QED) is 0.841. The number of hydrogen-bond acceptors (Lipinski definition) is 4. The lowest BCUT2D eigenvalue weighted by atomic mass is 10.0. The summed E-state index contributed by atoms with van der Waals surface area (Å²) in [6.07, 6.45) is 1.84. The maximum absolute atomic E-state index is 6.16. The van der Waals surface area contributed by atoms with Crippen LogP contribution in [0.3, 0.4) is 0 Å². The van der Waals surface area contributed by atoms with Gasteiger partial charge >= 0.3 is 0 Å². The minimum absolute atomic E-state index is 0.337. The molecule has 1 aromatic carbocycles.